The maximum atomic E-state index is 11.6. The maximum Gasteiger partial charge on any atom is 0.163 e. The molecular weight excluding hydrogens is 214 g/mol. The number of hydrogen-bond donors (Lipinski definition) is 0. The van der Waals surface area contributed by atoms with Crippen molar-refractivity contribution in [2.45, 2.75) is 19.3 Å². The summed E-state index contributed by atoms with van der Waals surface area (Å²) in [5.74, 6) is 0.240. The summed E-state index contributed by atoms with van der Waals surface area (Å²) in [6.45, 7) is 0.469. The Labute approximate surface area is 99.6 Å². The Morgan fingerprint density at radius 2 is 2.29 bits per heavy atom. The number of fused-ring (bicyclic) bond motifs is 1. The Morgan fingerprint density at radius 1 is 1.41 bits per heavy atom. The Morgan fingerprint density at radius 3 is 3.12 bits per heavy atom. The fourth-order valence-corrected chi connectivity index (χ4v) is 1.95. The molecule has 0 aliphatic heterocycles. The van der Waals surface area contributed by atoms with Crippen LogP contribution in [0.3, 0.4) is 0 Å². The van der Waals surface area contributed by atoms with Crippen LogP contribution < -0.4 is 0 Å². The van der Waals surface area contributed by atoms with E-state index >= 15 is 0 Å². The Bertz CT molecular complexity index is 513. The van der Waals surface area contributed by atoms with Gasteiger partial charge in [-0.15, -0.1) is 0 Å². The maximum absolute atomic E-state index is 11.6. The van der Waals surface area contributed by atoms with Crippen LogP contribution in [0.2, 0.25) is 0 Å². The lowest BCUT2D eigenvalue weighted by Crippen LogP contribution is -1.91. The highest BCUT2D eigenvalue weighted by Gasteiger charge is 2.18. The first kappa shape index (κ1) is 11.4. The van der Waals surface area contributed by atoms with Crippen molar-refractivity contribution in [3.63, 3.8) is 0 Å². The van der Waals surface area contributed by atoms with Crippen LogP contribution in [0.4, 0.5) is 0 Å². The molecule has 0 atom stereocenters. The Hall–Kier alpha value is -2.06. The molecule has 2 rings (SSSR count). The van der Waals surface area contributed by atoms with Gasteiger partial charge in [-0.3, -0.25) is 4.79 Å². The molecule has 0 spiro atoms. The molecule has 0 aromatic heterocycles. The van der Waals surface area contributed by atoms with E-state index < -0.39 is 0 Å². The average Bonchev–Trinajstić information content (AvgIpc) is 2.71. The summed E-state index contributed by atoms with van der Waals surface area (Å²) >= 11 is 0. The molecule has 0 heterocycles. The highest BCUT2D eigenvalue weighted by atomic mass is 16.1. The molecule has 1 aromatic carbocycles. The van der Waals surface area contributed by atoms with E-state index in [1.807, 2.05) is 30.4 Å². The minimum atomic E-state index is 0.240. The number of rotatable bonds is 4. The Kier molecular flexibility index (Phi) is 3.58. The second-order valence-electron chi connectivity index (χ2n) is 3.99. The minimum absolute atomic E-state index is 0.240. The molecule has 0 bridgehead atoms. The van der Waals surface area contributed by atoms with E-state index in [0.29, 0.717) is 13.0 Å². The zero-order valence-corrected chi connectivity index (χ0v) is 9.47. The van der Waals surface area contributed by atoms with Gasteiger partial charge in [-0.1, -0.05) is 29.4 Å². The largest absolute Gasteiger partial charge is 0.294 e. The molecule has 0 amide bonds. The van der Waals surface area contributed by atoms with Crippen molar-refractivity contribution in [2.24, 2.45) is 5.11 Å². The highest BCUT2D eigenvalue weighted by molar-refractivity contribution is 6.00. The van der Waals surface area contributed by atoms with Crippen LogP contribution in [0.15, 0.2) is 29.4 Å². The van der Waals surface area contributed by atoms with Gasteiger partial charge >= 0.3 is 0 Å². The van der Waals surface area contributed by atoms with Crippen molar-refractivity contribution in [3.8, 4) is 0 Å². The predicted molar refractivity (Wildman–Crippen MR) is 66.8 cm³/mol. The summed E-state index contributed by atoms with van der Waals surface area (Å²) in [5.41, 5.74) is 11.2. The number of carbonyl (C=O) groups is 1. The van der Waals surface area contributed by atoms with E-state index in [1.54, 1.807) is 0 Å². The SMILES string of the molecule is [N-]=[N+]=NCCC=Cc1ccc2c(c1)C(=O)CC2. The number of carbonyl (C=O) groups excluding carboxylic acids is 1. The van der Waals surface area contributed by atoms with E-state index in [-0.39, 0.29) is 5.78 Å². The van der Waals surface area contributed by atoms with Crippen molar-refractivity contribution < 1.29 is 4.79 Å². The summed E-state index contributed by atoms with van der Waals surface area (Å²) in [4.78, 5) is 14.2. The molecule has 0 fully saturated rings. The van der Waals surface area contributed by atoms with Crippen LogP contribution in [0.1, 0.15) is 34.3 Å². The predicted octanol–water partition coefficient (Wildman–Crippen LogP) is 3.53. The molecule has 86 valence electrons. The first-order chi connectivity index (χ1) is 8.31. The first-order valence-electron chi connectivity index (χ1n) is 5.65. The second-order valence-corrected chi connectivity index (χ2v) is 3.99. The van der Waals surface area contributed by atoms with Gasteiger partial charge in [0.05, 0.1) is 0 Å². The third kappa shape index (κ3) is 2.74. The molecule has 1 aliphatic carbocycles. The van der Waals surface area contributed by atoms with Crippen LogP contribution in [-0.4, -0.2) is 12.3 Å². The van der Waals surface area contributed by atoms with Gasteiger partial charge in [0.25, 0.3) is 0 Å². The summed E-state index contributed by atoms with van der Waals surface area (Å²) in [7, 11) is 0. The van der Waals surface area contributed by atoms with Gasteiger partial charge in [0.2, 0.25) is 0 Å². The van der Waals surface area contributed by atoms with Crippen LogP contribution in [-0.2, 0) is 6.42 Å². The van der Waals surface area contributed by atoms with Crippen molar-refractivity contribution in [1.82, 2.24) is 0 Å². The highest BCUT2D eigenvalue weighted by Crippen LogP contribution is 2.23. The van der Waals surface area contributed by atoms with Crippen LogP contribution >= 0.6 is 0 Å². The standard InChI is InChI=1S/C13H13N3O/c14-16-15-8-2-1-3-10-4-5-11-6-7-13(17)12(11)9-10/h1,3-5,9H,2,6-8H2. The number of Topliss-reactive ketones (excluding diaryl/α,β-unsaturated/α-hetero) is 1. The normalized spacial score (nSPS) is 13.8. The van der Waals surface area contributed by atoms with Crippen molar-refractivity contribution in [3.05, 3.63) is 51.4 Å². The number of hydrogen-bond acceptors (Lipinski definition) is 2. The zero-order valence-electron chi connectivity index (χ0n) is 9.47. The van der Waals surface area contributed by atoms with Gasteiger partial charge in [-0.05, 0) is 35.6 Å². The fraction of sp³-hybridized carbons (Fsp3) is 0.308. The molecule has 0 N–H and O–H groups in total. The first-order valence-corrected chi connectivity index (χ1v) is 5.65. The molecule has 1 aliphatic rings. The second kappa shape index (κ2) is 5.32. The molecule has 0 unspecified atom stereocenters. The minimum Gasteiger partial charge on any atom is -0.294 e. The van der Waals surface area contributed by atoms with Crippen molar-refractivity contribution in [2.75, 3.05) is 6.54 Å². The van der Waals surface area contributed by atoms with E-state index in [4.69, 9.17) is 5.53 Å². The van der Waals surface area contributed by atoms with Gasteiger partial charge in [-0.2, -0.15) is 0 Å². The van der Waals surface area contributed by atoms with Crippen molar-refractivity contribution >= 4 is 11.9 Å². The van der Waals surface area contributed by atoms with E-state index in [2.05, 4.69) is 10.0 Å². The van der Waals surface area contributed by atoms with Gasteiger partial charge in [0.1, 0.15) is 0 Å². The lowest BCUT2D eigenvalue weighted by Gasteiger charge is -1.99. The third-order valence-electron chi connectivity index (χ3n) is 2.83. The summed E-state index contributed by atoms with van der Waals surface area (Å²) in [5, 5.41) is 3.45. The summed E-state index contributed by atoms with van der Waals surface area (Å²) in [6.07, 6.45) is 6.14. The topological polar surface area (TPSA) is 65.8 Å². The number of benzene rings is 1. The smallest absolute Gasteiger partial charge is 0.163 e. The van der Waals surface area contributed by atoms with Gasteiger partial charge in [-0.25, -0.2) is 0 Å². The summed E-state index contributed by atoms with van der Waals surface area (Å²) in [6, 6.07) is 5.98. The molecule has 4 heteroatoms. The number of aryl methyl sites for hydroxylation is 1. The monoisotopic (exact) mass is 227 g/mol. The Balaban J connectivity index is 2.05. The summed E-state index contributed by atoms with van der Waals surface area (Å²) < 4.78 is 0. The van der Waals surface area contributed by atoms with Crippen molar-refractivity contribution in [1.29, 1.82) is 0 Å². The molecule has 0 saturated carbocycles. The van der Waals surface area contributed by atoms with E-state index in [0.717, 1.165) is 29.5 Å². The van der Waals surface area contributed by atoms with Crippen LogP contribution in [0.5, 0.6) is 0 Å². The van der Waals surface area contributed by atoms with E-state index in [1.165, 1.54) is 0 Å². The number of azide groups is 1. The van der Waals surface area contributed by atoms with Gasteiger partial charge in [0, 0.05) is 23.4 Å². The third-order valence-corrected chi connectivity index (χ3v) is 2.83. The number of nitrogens with zero attached hydrogens (tertiary/aromatic N) is 3. The lowest BCUT2D eigenvalue weighted by molar-refractivity contribution is 0.0994. The van der Waals surface area contributed by atoms with Crippen LogP contribution in [0.25, 0.3) is 16.5 Å². The molecular formula is C13H13N3O. The lowest BCUT2D eigenvalue weighted by atomic mass is 10.1. The fourth-order valence-electron chi connectivity index (χ4n) is 1.95. The van der Waals surface area contributed by atoms with E-state index in [9.17, 15) is 4.79 Å². The van der Waals surface area contributed by atoms with Gasteiger partial charge in [0.15, 0.2) is 5.78 Å². The van der Waals surface area contributed by atoms with Crippen LogP contribution in [0, 0.1) is 0 Å². The molecule has 0 radical (unpaired) electrons. The van der Waals surface area contributed by atoms with Gasteiger partial charge < -0.3 is 0 Å². The zero-order chi connectivity index (χ0) is 12.1. The number of ketones is 1. The molecule has 1 aromatic rings. The molecule has 0 saturated heterocycles. The quantitative estimate of drug-likeness (QED) is 0.336. The average molecular weight is 227 g/mol. The molecule has 17 heavy (non-hydrogen) atoms. The molecule has 4 nitrogen and oxygen atoms in total.